The van der Waals surface area contributed by atoms with E-state index >= 15 is 0 Å². The number of piperidine rings is 2. The molecular formula is C24H45BrN2O5. The molecule has 0 spiro atoms. The van der Waals surface area contributed by atoms with Gasteiger partial charge in [0.15, 0.2) is 0 Å². The smallest absolute Gasteiger partial charge is 0.410 e. The number of amides is 2. The van der Waals surface area contributed by atoms with Crippen LogP contribution in [0.2, 0.25) is 0 Å². The summed E-state index contributed by atoms with van der Waals surface area (Å²) in [5, 5.41) is 9.90. The molecule has 188 valence electrons. The molecule has 0 atom stereocenters. The lowest BCUT2D eigenvalue weighted by molar-refractivity contribution is 0.0168. The second-order valence-electron chi connectivity index (χ2n) is 10.8. The number of nitrogens with zero attached hydrogens (tertiary/aromatic N) is 2. The summed E-state index contributed by atoms with van der Waals surface area (Å²) in [6.07, 6.45) is 5.83. The van der Waals surface area contributed by atoms with Crippen molar-refractivity contribution in [3.05, 3.63) is 0 Å². The Bertz CT molecular complexity index is 508. The van der Waals surface area contributed by atoms with Crippen LogP contribution in [-0.4, -0.2) is 76.4 Å². The lowest BCUT2D eigenvalue weighted by Gasteiger charge is -2.33. The molecule has 32 heavy (non-hydrogen) atoms. The quantitative estimate of drug-likeness (QED) is 0.499. The van der Waals surface area contributed by atoms with E-state index in [4.69, 9.17) is 14.6 Å². The number of rotatable bonds is 4. The average Bonchev–Trinajstić information content (AvgIpc) is 2.67. The summed E-state index contributed by atoms with van der Waals surface area (Å²) in [6.45, 7) is 14.8. The zero-order valence-corrected chi connectivity index (χ0v) is 22.6. The zero-order valence-electron chi connectivity index (χ0n) is 21.0. The average molecular weight is 522 g/mol. The Morgan fingerprint density at radius 1 is 0.781 bits per heavy atom. The number of halogens is 1. The Labute approximate surface area is 203 Å². The number of hydrogen-bond donors (Lipinski definition) is 1. The van der Waals surface area contributed by atoms with Gasteiger partial charge in [-0.15, -0.1) is 0 Å². The summed E-state index contributed by atoms with van der Waals surface area (Å²) in [4.78, 5) is 27.1. The molecule has 0 aromatic heterocycles. The minimum absolute atomic E-state index is 0.162. The monoisotopic (exact) mass is 520 g/mol. The Kier molecular flexibility index (Phi) is 12.4. The van der Waals surface area contributed by atoms with Crippen molar-refractivity contribution in [3.8, 4) is 0 Å². The molecule has 2 aliphatic heterocycles. The van der Waals surface area contributed by atoms with Crippen molar-refractivity contribution in [2.75, 3.05) is 38.1 Å². The van der Waals surface area contributed by atoms with Crippen molar-refractivity contribution < 1.29 is 24.2 Å². The number of aliphatic hydroxyl groups is 1. The lowest BCUT2D eigenvalue weighted by atomic mass is 9.94. The second kappa shape index (κ2) is 13.6. The van der Waals surface area contributed by atoms with Crippen LogP contribution in [0.4, 0.5) is 9.59 Å². The third kappa shape index (κ3) is 12.3. The van der Waals surface area contributed by atoms with Crippen molar-refractivity contribution in [1.29, 1.82) is 0 Å². The van der Waals surface area contributed by atoms with Crippen molar-refractivity contribution in [2.45, 2.75) is 91.3 Å². The molecule has 2 aliphatic rings. The molecule has 0 aromatic carbocycles. The van der Waals surface area contributed by atoms with Crippen molar-refractivity contribution >= 4 is 28.1 Å². The molecule has 0 aromatic rings. The zero-order chi connectivity index (χ0) is 24.4. The lowest BCUT2D eigenvalue weighted by Crippen LogP contribution is -2.41. The fourth-order valence-corrected chi connectivity index (χ4v) is 4.45. The molecule has 7 nitrogen and oxygen atoms in total. The van der Waals surface area contributed by atoms with Gasteiger partial charge in [-0.2, -0.15) is 0 Å². The first-order chi connectivity index (χ1) is 14.8. The standard InChI is InChI=1S/C12H22BrNO2.C12H23NO3/c1-12(2,3)16-11(15)14-8-5-10(4-7-13)6-9-14;1-12(2,3)16-11(15)13-7-4-10(5-8-13)6-9-14/h10H,4-9H2,1-3H3;10,14H,4-9H2,1-3H3. The van der Waals surface area contributed by atoms with E-state index in [0.717, 1.165) is 69.5 Å². The number of ether oxygens (including phenoxy) is 2. The Hall–Kier alpha value is -1.02. The fraction of sp³-hybridized carbons (Fsp3) is 0.917. The molecule has 0 radical (unpaired) electrons. The number of aliphatic hydroxyl groups excluding tert-OH is 1. The molecule has 2 rings (SSSR count). The first-order valence-electron chi connectivity index (χ1n) is 12.0. The van der Waals surface area contributed by atoms with E-state index in [2.05, 4.69) is 15.9 Å². The van der Waals surface area contributed by atoms with Crippen molar-refractivity contribution in [2.24, 2.45) is 11.8 Å². The van der Waals surface area contributed by atoms with Gasteiger partial charge >= 0.3 is 12.2 Å². The normalized spacial score (nSPS) is 18.6. The predicted octanol–water partition coefficient (Wildman–Crippen LogP) is 5.43. The number of alkyl halides is 1. The van der Waals surface area contributed by atoms with Crippen LogP contribution >= 0.6 is 15.9 Å². The molecule has 2 fully saturated rings. The molecule has 8 heteroatoms. The third-order valence-electron chi connectivity index (χ3n) is 5.59. The Morgan fingerprint density at radius 3 is 1.41 bits per heavy atom. The van der Waals surface area contributed by atoms with Gasteiger partial charge in [0.25, 0.3) is 0 Å². The topological polar surface area (TPSA) is 79.3 Å². The van der Waals surface area contributed by atoms with Crippen LogP contribution < -0.4 is 0 Å². The highest BCUT2D eigenvalue weighted by Gasteiger charge is 2.27. The number of carbonyl (C=O) groups excluding carboxylic acids is 2. The summed E-state index contributed by atoms with van der Waals surface area (Å²) in [6, 6.07) is 0. The number of hydrogen-bond acceptors (Lipinski definition) is 5. The molecule has 2 amide bonds. The molecule has 0 aliphatic carbocycles. The number of carbonyl (C=O) groups is 2. The maximum atomic E-state index is 11.8. The summed E-state index contributed by atoms with van der Waals surface area (Å²) in [5.74, 6) is 1.32. The van der Waals surface area contributed by atoms with Gasteiger partial charge in [0, 0.05) is 38.1 Å². The van der Waals surface area contributed by atoms with Gasteiger partial charge in [-0.05, 0) is 91.9 Å². The molecule has 0 saturated carbocycles. The second-order valence-corrected chi connectivity index (χ2v) is 11.6. The first-order valence-corrected chi connectivity index (χ1v) is 13.1. The van der Waals surface area contributed by atoms with E-state index in [1.807, 2.05) is 46.4 Å². The molecular weight excluding hydrogens is 476 g/mol. The van der Waals surface area contributed by atoms with E-state index in [-0.39, 0.29) is 24.4 Å². The van der Waals surface area contributed by atoms with Crippen LogP contribution in [0.25, 0.3) is 0 Å². The van der Waals surface area contributed by atoms with Gasteiger partial charge in [-0.3, -0.25) is 0 Å². The van der Waals surface area contributed by atoms with E-state index in [1.165, 1.54) is 6.42 Å². The molecule has 0 bridgehead atoms. The van der Waals surface area contributed by atoms with Gasteiger partial charge in [0.05, 0.1) is 0 Å². The van der Waals surface area contributed by atoms with Crippen molar-refractivity contribution in [1.82, 2.24) is 9.80 Å². The van der Waals surface area contributed by atoms with Crippen LogP contribution in [0, 0.1) is 11.8 Å². The summed E-state index contributed by atoms with van der Waals surface area (Å²) in [5.41, 5.74) is -0.803. The maximum Gasteiger partial charge on any atom is 0.410 e. The molecule has 1 N–H and O–H groups in total. The first kappa shape index (κ1) is 29.0. The van der Waals surface area contributed by atoms with Gasteiger partial charge in [-0.25, -0.2) is 9.59 Å². The SMILES string of the molecule is CC(C)(C)OC(=O)N1CCC(CCBr)CC1.CC(C)(C)OC(=O)N1CCC(CCO)CC1. The Morgan fingerprint density at radius 2 is 1.12 bits per heavy atom. The van der Waals surface area contributed by atoms with E-state index in [9.17, 15) is 9.59 Å². The van der Waals surface area contributed by atoms with Gasteiger partial charge in [0.2, 0.25) is 0 Å². The fourth-order valence-electron chi connectivity index (χ4n) is 3.80. The summed E-state index contributed by atoms with van der Waals surface area (Å²) >= 11 is 3.46. The predicted molar refractivity (Wildman–Crippen MR) is 131 cm³/mol. The minimum Gasteiger partial charge on any atom is -0.444 e. The molecule has 2 heterocycles. The number of likely N-dealkylation sites (tertiary alicyclic amines) is 2. The molecule has 0 unspecified atom stereocenters. The third-order valence-corrected chi connectivity index (χ3v) is 6.04. The highest BCUT2D eigenvalue weighted by molar-refractivity contribution is 9.09. The van der Waals surface area contributed by atoms with Gasteiger partial charge in [-0.1, -0.05) is 15.9 Å². The van der Waals surface area contributed by atoms with E-state index in [1.54, 1.807) is 4.90 Å². The molecule has 2 saturated heterocycles. The summed E-state index contributed by atoms with van der Waals surface area (Å²) in [7, 11) is 0. The van der Waals surface area contributed by atoms with E-state index in [0.29, 0.717) is 5.92 Å². The Balaban J connectivity index is 0.000000320. The van der Waals surface area contributed by atoms with Gasteiger partial charge < -0.3 is 24.4 Å². The van der Waals surface area contributed by atoms with Crippen LogP contribution in [0.1, 0.15) is 80.1 Å². The van der Waals surface area contributed by atoms with Gasteiger partial charge in [0.1, 0.15) is 11.2 Å². The van der Waals surface area contributed by atoms with Crippen LogP contribution in [0.5, 0.6) is 0 Å². The maximum absolute atomic E-state index is 11.8. The van der Waals surface area contributed by atoms with Crippen LogP contribution in [-0.2, 0) is 9.47 Å². The van der Waals surface area contributed by atoms with Crippen LogP contribution in [0.3, 0.4) is 0 Å². The van der Waals surface area contributed by atoms with E-state index < -0.39 is 5.60 Å². The summed E-state index contributed by atoms with van der Waals surface area (Å²) < 4.78 is 10.7. The minimum atomic E-state index is -0.418. The highest BCUT2D eigenvalue weighted by Crippen LogP contribution is 2.23. The largest absolute Gasteiger partial charge is 0.444 e. The highest BCUT2D eigenvalue weighted by atomic mass is 79.9. The van der Waals surface area contributed by atoms with Crippen molar-refractivity contribution in [3.63, 3.8) is 0 Å². The van der Waals surface area contributed by atoms with Crippen LogP contribution in [0.15, 0.2) is 0 Å².